The number of hydrogen-bond acceptors (Lipinski definition) is 3. The van der Waals surface area contributed by atoms with Crippen LogP contribution in [-0.4, -0.2) is 35.3 Å². The van der Waals surface area contributed by atoms with Crippen molar-refractivity contribution < 1.29 is 18.7 Å². The van der Waals surface area contributed by atoms with Gasteiger partial charge in [-0.1, -0.05) is 18.2 Å². The molecular weight excluding hydrogens is 347 g/mol. The van der Waals surface area contributed by atoms with Gasteiger partial charge in [0.1, 0.15) is 11.5 Å². The number of carbonyl (C=O) groups is 2. The van der Waals surface area contributed by atoms with E-state index in [2.05, 4.69) is 5.32 Å². The summed E-state index contributed by atoms with van der Waals surface area (Å²) in [6.45, 7) is 1.01. The molecule has 0 radical (unpaired) electrons. The molecule has 138 valence electrons. The molecule has 0 unspecified atom stereocenters. The molecule has 1 aromatic carbocycles. The summed E-state index contributed by atoms with van der Waals surface area (Å²) in [7, 11) is 0. The first-order chi connectivity index (χ1) is 13.1. The lowest BCUT2D eigenvalue weighted by Crippen LogP contribution is -2.37. The lowest BCUT2D eigenvalue weighted by molar-refractivity contribution is -0.117. The number of nitrogens with one attached hydrogen (secondary N) is 1. The highest BCUT2D eigenvalue weighted by atomic mass is 19.1. The second-order valence-electron chi connectivity index (χ2n) is 6.58. The van der Waals surface area contributed by atoms with Crippen molar-refractivity contribution in [3.63, 3.8) is 0 Å². The van der Waals surface area contributed by atoms with Crippen LogP contribution in [0.3, 0.4) is 0 Å². The van der Waals surface area contributed by atoms with Crippen LogP contribution in [0.2, 0.25) is 0 Å². The van der Waals surface area contributed by atoms with Crippen molar-refractivity contribution in [1.82, 2.24) is 9.72 Å². The number of amides is 1. The van der Waals surface area contributed by atoms with E-state index in [4.69, 9.17) is 4.74 Å². The number of ether oxygens (including phenoxy) is 1. The number of fused-ring (bicyclic) bond motifs is 1. The molecule has 1 aliphatic heterocycles. The van der Waals surface area contributed by atoms with E-state index in [0.29, 0.717) is 24.3 Å². The molecular formula is C21H19FN2O3. The normalized spacial score (nSPS) is 16.6. The van der Waals surface area contributed by atoms with Gasteiger partial charge in [0.05, 0.1) is 6.10 Å². The van der Waals surface area contributed by atoms with Crippen molar-refractivity contribution in [2.24, 2.45) is 0 Å². The van der Waals surface area contributed by atoms with Crippen LogP contribution in [0.25, 0.3) is 16.6 Å². The van der Waals surface area contributed by atoms with E-state index in [0.717, 1.165) is 18.4 Å². The molecule has 4 rings (SSSR count). The molecule has 6 heteroatoms. The van der Waals surface area contributed by atoms with E-state index in [-0.39, 0.29) is 17.6 Å². The first-order valence-corrected chi connectivity index (χ1v) is 8.93. The third kappa shape index (κ3) is 3.48. The smallest absolute Gasteiger partial charge is 0.294 e. The lowest BCUT2D eigenvalue weighted by atomic mass is 10.0. The summed E-state index contributed by atoms with van der Waals surface area (Å²) in [4.78, 5) is 25.4. The Morgan fingerprint density at radius 3 is 2.74 bits per heavy atom. The number of hydrogen-bond donors (Lipinski definition) is 1. The van der Waals surface area contributed by atoms with Crippen molar-refractivity contribution in [1.29, 1.82) is 0 Å². The summed E-state index contributed by atoms with van der Waals surface area (Å²) in [6, 6.07) is 13.2. The van der Waals surface area contributed by atoms with E-state index in [1.54, 1.807) is 28.8 Å². The van der Waals surface area contributed by atoms with E-state index >= 15 is 0 Å². The minimum atomic E-state index is -0.669. The predicted octanol–water partition coefficient (Wildman–Crippen LogP) is 3.22. The topological polar surface area (TPSA) is 59.8 Å². The monoisotopic (exact) mass is 366 g/mol. The average Bonchev–Trinajstić information content (AvgIpc) is 3.33. The SMILES string of the molecule is O=C(NC[C@H]1CCCO1)C(=O)c1c(-c2ccc(F)cc2)cc2ccccn12. The van der Waals surface area contributed by atoms with Gasteiger partial charge in [0.2, 0.25) is 0 Å². The summed E-state index contributed by atoms with van der Waals surface area (Å²) >= 11 is 0. The van der Waals surface area contributed by atoms with Gasteiger partial charge in [0.25, 0.3) is 11.7 Å². The highest BCUT2D eigenvalue weighted by Gasteiger charge is 2.26. The molecule has 5 nitrogen and oxygen atoms in total. The quantitative estimate of drug-likeness (QED) is 0.557. The number of nitrogens with zero attached hydrogens (tertiary/aromatic N) is 1. The van der Waals surface area contributed by atoms with E-state index in [1.165, 1.54) is 12.1 Å². The second-order valence-corrected chi connectivity index (χ2v) is 6.58. The number of pyridine rings is 1. The number of aromatic nitrogens is 1. The fourth-order valence-electron chi connectivity index (χ4n) is 3.40. The van der Waals surface area contributed by atoms with Crippen LogP contribution >= 0.6 is 0 Å². The summed E-state index contributed by atoms with van der Waals surface area (Å²) < 4.78 is 20.5. The van der Waals surface area contributed by atoms with Gasteiger partial charge in [-0.15, -0.1) is 0 Å². The number of carbonyl (C=O) groups excluding carboxylic acids is 2. The lowest BCUT2D eigenvalue weighted by Gasteiger charge is -2.11. The van der Waals surface area contributed by atoms with Crippen LogP contribution in [0.1, 0.15) is 23.3 Å². The van der Waals surface area contributed by atoms with Crippen molar-refractivity contribution >= 4 is 17.2 Å². The Morgan fingerprint density at radius 1 is 1.19 bits per heavy atom. The van der Waals surface area contributed by atoms with E-state index in [9.17, 15) is 14.0 Å². The molecule has 3 aromatic rings. The van der Waals surface area contributed by atoms with Crippen molar-refractivity contribution in [3.05, 3.63) is 66.2 Å². The van der Waals surface area contributed by atoms with Gasteiger partial charge in [0, 0.05) is 30.4 Å². The third-order valence-corrected chi connectivity index (χ3v) is 4.77. The molecule has 0 aliphatic carbocycles. The van der Waals surface area contributed by atoms with Crippen molar-refractivity contribution in [2.45, 2.75) is 18.9 Å². The van der Waals surface area contributed by atoms with Crippen LogP contribution in [0.5, 0.6) is 0 Å². The molecule has 0 bridgehead atoms. The molecule has 27 heavy (non-hydrogen) atoms. The van der Waals surface area contributed by atoms with E-state index in [1.807, 2.05) is 18.2 Å². The molecule has 0 spiro atoms. The third-order valence-electron chi connectivity index (χ3n) is 4.77. The number of benzene rings is 1. The van der Waals surface area contributed by atoms with Crippen molar-refractivity contribution in [2.75, 3.05) is 13.2 Å². The van der Waals surface area contributed by atoms with Crippen LogP contribution < -0.4 is 5.32 Å². The zero-order valence-electron chi connectivity index (χ0n) is 14.7. The van der Waals surface area contributed by atoms with Crippen LogP contribution in [0.4, 0.5) is 4.39 Å². The zero-order chi connectivity index (χ0) is 18.8. The summed E-state index contributed by atoms with van der Waals surface area (Å²) in [5.41, 5.74) is 2.32. The molecule has 1 fully saturated rings. The first-order valence-electron chi connectivity index (χ1n) is 8.93. The van der Waals surface area contributed by atoms with Crippen molar-refractivity contribution in [3.8, 4) is 11.1 Å². The minimum Gasteiger partial charge on any atom is -0.376 e. The summed E-state index contributed by atoms with van der Waals surface area (Å²) in [6.07, 6.45) is 3.54. The molecule has 1 saturated heterocycles. The molecule has 1 amide bonds. The van der Waals surface area contributed by atoms with Gasteiger partial charge in [-0.05, 0) is 48.7 Å². The molecule has 1 N–H and O–H groups in total. The number of ketones is 1. The zero-order valence-corrected chi connectivity index (χ0v) is 14.7. The van der Waals surface area contributed by atoms with Crippen LogP contribution in [-0.2, 0) is 9.53 Å². The van der Waals surface area contributed by atoms with Gasteiger partial charge in [-0.3, -0.25) is 9.59 Å². The maximum absolute atomic E-state index is 13.3. The Morgan fingerprint density at radius 2 is 2.00 bits per heavy atom. The maximum Gasteiger partial charge on any atom is 0.294 e. The van der Waals surface area contributed by atoms with Gasteiger partial charge in [-0.25, -0.2) is 4.39 Å². The van der Waals surface area contributed by atoms with Crippen LogP contribution in [0.15, 0.2) is 54.7 Å². The molecule has 2 aromatic heterocycles. The Labute approximate surface area is 155 Å². The summed E-state index contributed by atoms with van der Waals surface area (Å²) in [5, 5.41) is 2.68. The first kappa shape index (κ1) is 17.4. The van der Waals surface area contributed by atoms with Gasteiger partial charge in [0.15, 0.2) is 0 Å². The highest BCUT2D eigenvalue weighted by Crippen LogP contribution is 2.28. The highest BCUT2D eigenvalue weighted by molar-refractivity contribution is 6.43. The number of rotatable bonds is 5. The van der Waals surface area contributed by atoms with Crippen LogP contribution in [0, 0.1) is 5.82 Å². The number of halogens is 1. The second kappa shape index (κ2) is 7.32. The molecule has 3 heterocycles. The fourth-order valence-corrected chi connectivity index (χ4v) is 3.40. The average molecular weight is 366 g/mol. The predicted molar refractivity (Wildman–Crippen MR) is 99.1 cm³/mol. The Bertz CT molecular complexity index is 988. The Kier molecular flexibility index (Phi) is 4.73. The molecule has 1 aliphatic rings. The maximum atomic E-state index is 13.3. The fraction of sp³-hybridized carbons (Fsp3) is 0.238. The minimum absolute atomic E-state index is 0.0395. The van der Waals surface area contributed by atoms with Gasteiger partial charge < -0.3 is 14.5 Å². The summed E-state index contributed by atoms with van der Waals surface area (Å²) in [5.74, 6) is -1.65. The number of Topliss-reactive ketones (excluding diaryl/α,β-unsaturated/α-hetero) is 1. The Hall–Kier alpha value is -2.99. The Balaban J connectivity index is 1.68. The van der Waals surface area contributed by atoms with Gasteiger partial charge in [-0.2, -0.15) is 0 Å². The van der Waals surface area contributed by atoms with Gasteiger partial charge >= 0.3 is 0 Å². The molecule has 0 saturated carbocycles. The molecule has 1 atom stereocenters. The largest absolute Gasteiger partial charge is 0.376 e. The standard InChI is InChI=1S/C21H19FN2O3/c22-15-8-6-14(7-9-15)18-12-16-4-1-2-10-24(16)19(18)20(25)21(26)23-13-17-5-3-11-27-17/h1-2,4,6-10,12,17H,3,5,11,13H2,(H,23,26)/t17-/m1/s1. The van der Waals surface area contributed by atoms with E-state index < -0.39 is 11.7 Å².